The van der Waals surface area contributed by atoms with Crippen LogP contribution < -0.4 is 15.4 Å². The van der Waals surface area contributed by atoms with Crippen molar-refractivity contribution in [2.24, 2.45) is 0 Å². The Bertz CT molecular complexity index is 1210. The quantitative estimate of drug-likeness (QED) is 0.535. The van der Waals surface area contributed by atoms with Crippen molar-refractivity contribution in [1.82, 2.24) is 20.4 Å². The fourth-order valence-electron chi connectivity index (χ4n) is 5.37. The normalized spacial score (nSPS) is 24.3. The van der Waals surface area contributed by atoms with Gasteiger partial charge in [-0.2, -0.15) is 13.2 Å². The van der Waals surface area contributed by atoms with Crippen molar-refractivity contribution in [3.05, 3.63) is 65.2 Å². The molecule has 0 aliphatic carbocycles. The summed E-state index contributed by atoms with van der Waals surface area (Å²) in [4.78, 5) is 39.6. The Balaban J connectivity index is 1.30. The van der Waals surface area contributed by atoms with Crippen LogP contribution in [0.5, 0.6) is 5.75 Å². The Labute approximate surface area is 218 Å². The third kappa shape index (κ3) is 5.99. The molecular weight excluding hydrogens is 501 g/mol. The van der Waals surface area contributed by atoms with Gasteiger partial charge in [-0.1, -0.05) is 30.3 Å². The number of hydrogen-bond donors (Lipinski definition) is 2. The predicted octanol–water partition coefficient (Wildman–Crippen LogP) is 2.62. The molecule has 3 amide bonds. The first-order valence-corrected chi connectivity index (χ1v) is 12.7. The minimum absolute atomic E-state index is 0.102. The molecule has 0 bridgehead atoms. The Kier molecular flexibility index (Phi) is 7.40. The summed E-state index contributed by atoms with van der Waals surface area (Å²) in [6, 6.07) is 13.8. The van der Waals surface area contributed by atoms with Gasteiger partial charge in [-0.25, -0.2) is 0 Å². The number of nitrogens with zero attached hydrogens (tertiary/aromatic N) is 2. The largest absolute Gasteiger partial charge is 0.487 e. The number of halogens is 3. The van der Waals surface area contributed by atoms with Gasteiger partial charge in [-0.3, -0.25) is 24.6 Å². The molecule has 2 fully saturated rings. The number of carbonyl (C=O) groups is 3. The van der Waals surface area contributed by atoms with Crippen molar-refractivity contribution in [1.29, 1.82) is 0 Å². The highest BCUT2D eigenvalue weighted by atomic mass is 19.4. The van der Waals surface area contributed by atoms with E-state index < -0.39 is 30.8 Å². The van der Waals surface area contributed by atoms with Crippen LogP contribution in [0.4, 0.5) is 13.2 Å². The summed E-state index contributed by atoms with van der Waals surface area (Å²) in [5, 5.41) is 5.72. The van der Waals surface area contributed by atoms with Crippen molar-refractivity contribution >= 4 is 17.7 Å². The van der Waals surface area contributed by atoms with E-state index >= 15 is 0 Å². The second-order valence-electron chi connectivity index (χ2n) is 9.99. The van der Waals surface area contributed by atoms with E-state index in [1.54, 1.807) is 18.2 Å². The maximum Gasteiger partial charge on any atom is 0.401 e. The smallest absolute Gasteiger partial charge is 0.401 e. The number of nitrogens with one attached hydrogen (secondary N) is 2. The van der Waals surface area contributed by atoms with Crippen LogP contribution in [0, 0.1) is 0 Å². The monoisotopic (exact) mass is 530 g/mol. The van der Waals surface area contributed by atoms with Gasteiger partial charge in [0.15, 0.2) is 0 Å². The molecule has 2 saturated heterocycles. The van der Waals surface area contributed by atoms with Crippen LogP contribution in [-0.4, -0.2) is 71.5 Å². The molecular formula is C27H29F3N4O4. The Morgan fingerprint density at radius 2 is 1.84 bits per heavy atom. The van der Waals surface area contributed by atoms with Crippen LogP contribution >= 0.6 is 0 Å². The molecule has 0 aromatic heterocycles. The number of likely N-dealkylation sites (tertiary alicyclic amines) is 1. The third-order valence-corrected chi connectivity index (χ3v) is 7.24. The number of carbonyl (C=O) groups excluding carboxylic acids is 3. The van der Waals surface area contributed by atoms with Crippen LogP contribution in [0.1, 0.15) is 40.7 Å². The first-order chi connectivity index (χ1) is 18.2. The van der Waals surface area contributed by atoms with E-state index in [2.05, 4.69) is 10.6 Å². The van der Waals surface area contributed by atoms with Crippen LogP contribution in [0.2, 0.25) is 0 Å². The Morgan fingerprint density at radius 3 is 2.58 bits per heavy atom. The number of rotatable bonds is 7. The zero-order chi connectivity index (χ0) is 26.9. The van der Waals surface area contributed by atoms with Crippen molar-refractivity contribution in [2.75, 3.05) is 19.6 Å². The van der Waals surface area contributed by atoms with Crippen LogP contribution in [0.25, 0.3) is 0 Å². The molecule has 3 atom stereocenters. The summed E-state index contributed by atoms with van der Waals surface area (Å²) in [7, 11) is 0. The highest BCUT2D eigenvalue weighted by Gasteiger charge is 2.40. The summed E-state index contributed by atoms with van der Waals surface area (Å²) in [6.45, 7) is 0.149. The fraction of sp³-hybridized carbons (Fsp3) is 0.444. The molecule has 202 valence electrons. The SMILES string of the molecule is O=C1CCC(N2Cc3cc(OC4CN(CC(F)(F)F)CCC4NCc4ccccc4)ccc3C2=O)C(=O)N1. The maximum atomic E-state index is 13.1. The zero-order valence-electron chi connectivity index (χ0n) is 20.7. The van der Waals surface area contributed by atoms with E-state index in [1.165, 1.54) is 9.80 Å². The standard InChI is InChI=1S/C27H29F3N4O4/c28-27(29,30)16-33-11-10-21(31-13-17-4-2-1-3-5-17)23(15-33)38-19-6-7-20-18(12-19)14-34(26(20)37)22-8-9-24(35)32-25(22)36/h1-7,12,21-23,31H,8-11,13-16H2,(H,32,35,36). The first kappa shape index (κ1) is 26.2. The number of alkyl halides is 3. The van der Waals surface area contributed by atoms with E-state index in [-0.39, 0.29) is 43.8 Å². The summed E-state index contributed by atoms with van der Waals surface area (Å²) in [5.74, 6) is -0.684. The van der Waals surface area contributed by atoms with Gasteiger partial charge in [-0.05, 0) is 42.2 Å². The third-order valence-electron chi connectivity index (χ3n) is 7.24. The fourth-order valence-corrected chi connectivity index (χ4v) is 5.37. The lowest BCUT2D eigenvalue weighted by Crippen LogP contribution is -2.56. The molecule has 5 rings (SSSR count). The second kappa shape index (κ2) is 10.7. The van der Waals surface area contributed by atoms with Crippen molar-refractivity contribution in [3.63, 3.8) is 0 Å². The molecule has 2 aromatic rings. The lowest BCUT2D eigenvalue weighted by atomic mass is 10.0. The molecule has 0 spiro atoms. The average molecular weight is 531 g/mol. The molecule has 3 aliphatic rings. The van der Waals surface area contributed by atoms with Crippen LogP contribution in [0.3, 0.4) is 0 Å². The van der Waals surface area contributed by atoms with Gasteiger partial charge in [0.25, 0.3) is 5.91 Å². The topological polar surface area (TPSA) is 91.0 Å². The van der Waals surface area contributed by atoms with E-state index in [0.29, 0.717) is 36.4 Å². The van der Waals surface area contributed by atoms with E-state index in [1.807, 2.05) is 30.3 Å². The molecule has 3 aliphatic heterocycles. The molecule has 2 aromatic carbocycles. The van der Waals surface area contributed by atoms with Gasteiger partial charge in [-0.15, -0.1) is 0 Å². The number of ether oxygens (including phenoxy) is 1. The second-order valence-corrected chi connectivity index (χ2v) is 9.99. The molecule has 3 unspecified atom stereocenters. The van der Waals surface area contributed by atoms with E-state index in [4.69, 9.17) is 4.74 Å². The zero-order valence-corrected chi connectivity index (χ0v) is 20.7. The van der Waals surface area contributed by atoms with Gasteiger partial charge in [0.1, 0.15) is 17.9 Å². The predicted molar refractivity (Wildman–Crippen MR) is 131 cm³/mol. The van der Waals surface area contributed by atoms with Gasteiger partial charge in [0.05, 0.1) is 6.54 Å². The van der Waals surface area contributed by atoms with E-state index in [0.717, 1.165) is 5.56 Å². The molecule has 11 heteroatoms. The minimum Gasteiger partial charge on any atom is -0.487 e. The lowest BCUT2D eigenvalue weighted by Gasteiger charge is -2.39. The molecule has 38 heavy (non-hydrogen) atoms. The van der Waals surface area contributed by atoms with Crippen LogP contribution in [-0.2, 0) is 22.7 Å². The van der Waals surface area contributed by atoms with Gasteiger partial charge in [0, 0.05) is 44.2 Å². The number of fused-ring (bicyclic) bond motifs is 1. The Morgan fingerprint density at radius 1 is 1.05 bits per heavy atom. The van der Waals surface area contributed by atoms with Gasteiger partial charge < -0.3 is 15.0 Å². The average Bonchev–Trinajstić information content (AvgIpc) is 3.18. The van der Waals surface area contributed by atoms with Crippen molar-refractivity contribution in [2.45, 2.75) is 56.7 Å². The summed E-state index contributed by atoms with van der Waals surface area (Å²) < 4.78 is 45.6. The summed E-state index contributed by atoms with van der Waals surface area (Å²) in [6.07, 6.45) is -3.93. The van der Waals surface area contributed by atoms with Crippen LogP contribution in [0.15, 0.2) is 48.5 Å². The van der Waals surface area contributed by atoms with Gasteiger partial charge in [0.2, 0.25) is 11.8 Å². The van der Waals surface area contributed by atoms with Crippen molar-refractivity contribution in [3.8, 4) is 5.75 Å². The van der Waals surface area contributed by atoms with Gasteiger partial charge >= 0.3 is 6.18 Å². The minimum atomic E-state index is -4.30. The van der Waals surface area contributed by atoms with E-state index in [9.17, 15) is 27.6 Å². The highest BCUT2D eigenvalue weighted by Crippen LogP contribution is 2.31. The Hall–Kier alpha value is -3.44. The first-order valence-electron chi connectivity index (χ1n) is 12.7. The number of imide groups is 1. The number of piperidine rings is 2. The number of benzene rings is 2. The molecule has 0 saturated carbocycles. The molecule has 3 heterocycles. The number of hydrogen-bond acceptors (Lipinski definition) is 6. The summed E-state index contributed by atoms with van der Waals surface area (Å²) in [5.41, 5.74) is 2.19. The number of amides is 3. The summed E-state index contributed by atoms with van der Waals surface area (Å²) >= 11 is 0. The highest BCUT2D eigenvalue weighted by molar-refractivity contribution is 6.05. The van der Waals surface area contributed by atoms with Crippen molar-refractivity contribution < 1.29 is 32.3 Å². The maximum absolute atomic E-state index is 13.1. The lowest BCUT2D eigenvalue weighted by molar-refractivity contribution is -0.152. The molecule has 8 nitrogen and oxygen atoms in total. The molecule has 2 N–H and O–H groups in total. The molecule has 0 radical (unpaired) electrons.